The van der Waals surface area contributed by atoms with E-state index < -0.39 is 17.5 Å². The fourth-order valence-corrected chi connectivity index (χ4v) is 3.97. The number of fused-ring (bicyclic) bond motifs is 3. The van der Waals surface area contributed by atoms with E-state index in [9.17, 15) is 13.6 Å². The second-order valence-corrected chi connectivity index (χ2v) is 7.50. The molecule has 1 aliphatic rings. The summed E-state index contributed by atoms with van der Waals surface area (Å²) in [6.07, 6.45) is 5.58. The summed E-state index contributed by atoms with van der Waals surface area (Å²) in [6, 6.07) is 7.47. The van der Waals surface area contributed by atoms with Crippen LogP contribution >= 0.6 is 0 Å². The zero-order valence-corrected chi connectivity index (χ0v) is 17.0. The molecular formula is C24H23F2NO3. The van der Waals surface area contributed by atoms with Gasteiger partial charge in [-0.05, 0) is 50.0 Å². The third-order valence-corrected chi connectivity index (χ3v) is 5.55. The number of hydrogen-bond donors (Lipinski definition) is 1. The van der Waals surface area contributed by atoms with Crippen molar-refractivity contribution < 1.29 is 22.7 Å². The summed E-state index contributed by atoms with van der Waals surface area (Å²) in [7, 11) is 1.57. The van der Waals surface area contributed by atoms with Gasteiger partial charge in [0, 0.05) is 47.2 Å². The first-order valence-corrected chi connectivity index (χ1v) is 9.99. The molecule has 0 bridgehead atoms. The Morgan fingerprint density at radius 3 is 2.67 bits per heavy atom. The molecule has 0 saturated heterocycles. The third kappa shape index (κ3) is 3.82. The minimum atomic E-state index is -0.687. The molecule has 3 aromatic rings. The molecule has 0 saturated carbocycles. The Hall–Kier alpha value is -3.15. The smallest absolute Gasteiger partial charge is 0.244 e. The molecular weight excluding hydrogens is 388 g/mol. The normalized spacial score (nSPS) is 13.9. The van der Waals surface area contributed by atoms with Crippen molar-refractivity contribution in [1.29, 1.82) is 0 Å². The number of rotatable bonds is 5. The highest BCUT2D eigenvalue weighted by molar-refractivity contribution is 5.97. The minimum Gasteiger partial charge on any atom is -0.496 e. The zero-order chi connectivity index (χ0) is 21.3. The van der Waals surface area contributed by atoms with E-state index in [4.69, 9.17) is 9.15 Å². The summed E-state index contributed by atoms with van der Waals surface area (Å²) in [5.41, 5.74) is 3.32. The van der Waals surface area contributed by atoms with Gasteiger partial charge in [0.15, 0.2) is 0 Å². The molecule has 1 aromatic heterocycles. The first-order valence-electron chi connectivity index (χ1n) is 9.99. The van der Waals surface area contributed by atoms with Gasteiger partial charge in [-0.2, -0.15) is 0 Å². The van der Waals surface area contributed by atoms with Crippen molar-refractivity contribution in [2.75, 3.05) is 7.11 Å². The second-order valence-electron chi connectivity index (χ2n) is 7.50. The van der Waals surface area contributed by atoms with Gasteiger partial charge in [0.05, 0.1) is 7.11 Å². The number of amides is 1. The molecule has 1 N–H and O–H groups in total. The first-order chi connectivity index (χ1) is 14.5. The minimum absolute atomic E-state index is 0.166. The Bertz CT molecular complexity index is 1130. The fraction of sp³-hybridized carbons (Fsp3) is 0.292. The van der Waals surface area contributed by atoms with Gasteiger partial charge < -0.3 is 14.5 Å². The number of allylic oxidation sites excluding steroid dienone is 1. The highest BCUT2D eigenvalue weighted by atomic mass is 19.1. The van der Waals surface area contributed by atoms with E-state index >= 15 is 0 Å². The number of carbonyl (C=O) groups is 1. The van der Waals surface area contributed by atoms with E-state index in [1.807, 2.05) is 12.1 Å². The van der Waals surface area contributed by atoms with Crippen molar-refractivity contribution in [3.8, 4) is 5.75 Å². The number of hydrogen-bond acceptors (Lipinski definition) is 3. The Balaban J connectivity index is 1.60. The number of halogens is 2. The van der Waals surface area contributed by atoms with Gasteiger partial charge in [0.25, 0.3) is 0 Å². The van der Waals surface area contributed by atoms with Crippen LogP contribution in [0.2, 0.25) is 0 Å². The van der Waals surface area contributed by atoms with Crippen LogP contribution in [0.4, 0.5) is 8.78 Å². The summed E-state index contributed by atoms with van der Waals surface area (Å²) in [5.74, 6) is -0.177. The van der Waals surface area contributed by atoms with Crippen molar-refractivity contribution >= 4 is 22.4 Å². The van der Waals surface area contributed by atoms with Gasteiger partial charge in [0.1, 0.15) is 28.7 Å². The maximum Gasteiger partial charge on any atom is 0.244 e. The van der Waals surface area contributed by atoms with Crippen LogP contribution in [-0.2, 0) is 24.2 Å². The highest BCUT2D eigenvalue weighted by Gasteiger charge is 2.20. The lowest BCUT2D eigenvalue weighted by Gasteiger charge is -2.11. The van der Waals surface area contributed by atoms with Crippen LogP contribution < -0.4 is 10.1 Å². The van der Waals surface area contributed by atoms with Crippen molar-refractivity contribution in [2.24, 2.45) is 0 Å². The molecule has 1 heterocycles. The molecule has 0 radical (unpaired) electrons. The predicted octanol–water partition coefficient (Wildman–Crippen LogP) is 5.32. The van der Waals surface area contributed by atoms with Crippen LogP contribution in [0.25, 0.3) is 16.5 Å². The standard InChI is InChI=1S/C24H23F2NO3/c1-14(10-24(28)27-13-18-19(25)7-5-8-20(18)26)16-11-17-15-6-3-4-9-21(15)30-23(17)12-22(16)29-2/h5,7-8,10-12H,3-4,6,9,13H2,1-2H3,(H,27,28)/b14-10+. The van der Waals surface area contributed by atoms with Crippen LogP contribution in [0.15, 0.2) is 40.8 Å². The third-order valence-electron chi connectivity index (χ3n) is 5.55. The first kappa shape index (κ1) is 20.1. The van der Waals surface area contributed by atoms with Gasteiger partial charge in [-0.3, -0.25) is 4.79 Å². The molecule has 0 atom stereocenters. The average molecular weight is 411 g/mol. The molecule has 1 aliphatic carbocycles. The van der Waals surface area contributed by atoms with E-state index in [0.29, 0.717) is 11.3 Å². The van der Waals surface area contributed by atoms with Crippen molar-refractivity contribution in [2.45, 2.75) is 39.2 Å². The quantitative estimate of drug-likeness (QED) is 0.578. The molecule has 30 heavy (non-hydrogen) atoms. The summed E-state index contributed by atoms with van der Waals surface area (Å²) in [4.78, 5) is 12.4. The summed E-state index contributed by atoms with van der Waals surface area (Å²) >= 11 is 0. The fourth-order valence-electron chi connectivity index (χ4n) is 3.97. The Morgan fingerprint density at radius 2 is 1.93 bits per heavy atom. The van der Waals surface area contributed by atoms with Gasteiger partial charge in [-0.25, -0.2) is 8.78 Å². The van der Waals surface area contributed by atoms with E-state index in [-0.39, 0.29) is 12.1 Å². The Morgan fingerprint density at radius 1 is 1.20 bits per heavy atom. The van der Waals surface area contributed by atoms with E-state index in [1.54, 1.807) is 14.0 Å². The van der Waals surface area contributed by atoms with E-state index in [0.717, 1.165) is 60.1 Å². The molecule has 6 heteroatoms. The molecule has 0 spiro atoms. The number of methoxy groups -OCH3 is 1. The second kappa shape index (κ2) is 8.30. The topological polar surface area (TPSA) is 51.5 Å². The molecule has 4 nitrogen and oxygen atoms in total. The van der Waals surface area contributed by atoms with Crippen molar-refractivity contribution in [3.63, 3.8) is 0 Å². The van der Waals surface area contributed by atoms with Crippen LogP contribution in [0.1, 0.15) is 42.2 Å². The number of ether oxygens (including phenoxy) is 1. The molecule has 2 aromatic carbocycles. The number of aryl methyl sites for hydroxylation is 2. The summed E-state index contributed by atoms with van der Waals surface area (Å²) < 4.78 is 39.0. The predicted molar refractivity (Wildman–Crippen MR) is 111 cm³/mol. The van der Waals surface area contributed by atoms with Crippen LogP contribution in [-0.4, -0.2) is 13.0 Å². The largest absolute Gasteiger partial charge is 0.496 e. The van der Waals surface area contributed by atoms with Gasteiger partial charge >= 0.3 is 0 Å². The maximum absolute atomic E-state index is 13.8. The maximum atomic E-state index is 13.8. The summed E-state index contributed by atoms with van der Waals surface area (Å²) in [5, 5.41) is 3.59. The van der Waals surface area contributed by atoms with E-state index in [2.05, 4.69) is 5.32 Å². The van der Waals surface area contributed by atoms with Gasteiger partial charge in [-0.15, -0.1) is 0 Å². The molecule has 0 aliphatic heterocycles. The molecule has 4 rings (SSSR count). The SMILES string of the molecule is COc1cc2oc3c(c2cc1/C(C)=C/C(=O)NCc1c(F)cccc1F)CCCC3. The van der Waals surface area contributed by atoms with Crippen molar-refractivity contribution in [3.05, 3.63) is 70.5 Å². The Kier molecular flexibility index (Phi) is 5.57. The zero-order valence-electron chi connectivity index (χ0n) is 17.0. The van der Waals surface area contributed by atoms with Crippen molar-refractivity contribution in [1.82, 2.24) is 5.32 Å². The lowest BCUT2D eigenvalue weighted by molar-refractivity contribution is -0.116. The Labute approximate surface area is 173 Å². The molecule has 156 valence electrons. The highest BCUT2D eigenvalue weighted by Crippen LogP contribution is 2.37. The van der Waals surface area contributed by atoms with Crippen LogP contribution in [0, 0.1) is 11.6 Å². The lowest BCUT2D eigenvalue weighted by Crippen LogP contribution is -2.22. The number of carbonyl (C=O) groups excluding carboxylic acids is 1. The molecule has 0 unspecified atom stereocenters. The van der Waals surface area contributed by atoms with Crippen LogP contribution in [0.5, 0.6) is 5.75 Å². The number of benzene rings is 2. The molecule has 0 fully saturated rings. The van der Waals surface area contributed by atoms with Crippen LogP contribution in [0.3, 0.4) is 0 Å². The lowest BCUT2D eigenvalue weighted by atomic mass is 9.94. The average Bonchev–Trinajstić information content (AvgIpc) is 3.10. The number of nitrogens with one attached hydrogen (secondary N) is 1. The van der Waals surface area contributed by atoms with E-state index in [1.165, 1.54) is 17.7 Å². The summed E-state index contributed by atoms with van der Waals surface area (Å²) in [6.45, 7) is 1.58. The number of furan rings is 1. The van der Waals surface area contributed by atoms with Gasteiger partial charge in [-0.1, -0.05) is 6.07 Å². The molecule has 1 amide bonds. The monoisotopic (exact) mass is 411 g/mol. The van der Waals surface area contributed by atoms with Gasteiger partial charge in [0.2, 0.25) is 5.91 Å².